The number of hydrogen-bond acceptors (Lipinski definition) is 4. The van der Waals surface area contributed by atoms with Crippen molar-refractivity contribution in [3.8, 4) is 22.8 Å². The number of anilines is 1. The van der Waals surface area contributed by atoms with Gasteiger partial charge in [0.1, 0.15) is 5.82 Å². The molecule has 0 bridgehead atoms. The maximum atomic E-state index is 13.4. The first-order valence-corrected chi connectivity index (χ1v) is 6.58. The highest BCUT2D eigenvalue weighted by atomic mass is 79.9. The zero-order valence-electron chi connectivity index (χ0n) is 10.2. The van der Waals surface area contributed by atoms with Crippen LogP contribution in [-0.4, -0.2) is 10.1 Å². The Morgan fingerprint density at radius 2 is 1.85 bits per heavy atom. The van der Waals surface area contributed by atoms with Crippen molar-refractivity contribution < 1.29 is 8.91 Å². The van der Waals surface area contributed by atoms with E-state index in [4.69, 9.17) is 10.3 Å². The Labute approximate surface area is 122 Å². The van der Waals surface area contributed by atoms with Gasteiger partial charge in [-0.3, -0.25) is 0 Å². The number of nitrogens with two attached hydrogens (primary N) is 1. The molecular weight excluding hydrogens is 325 g/mol. The van der Waals surface area contributed by atoms with Gasteiger partial charge >= 0.3 is 0 Å². The average molecular weight is 334 g/mol. The van der Waals surface area contributed by atoms with Gasteiger partial charge in [-0.1, -0.05) is 27.2 Å². The van der Waals surface area contributed by atoms with E-state index in [0.29, 0.717) is 11.4 Å². The second kappa shape index (κ2) is 5.05. The summed E-state index contributed by atoms with van der Waals surface area (Å²) in [5.74, 6) is 0.113. The van der Waals surface area contributed by atoms with Crippen molar-refractivity contribution in [2.75, 3.05) is 5.73 Å². The lowest BCUT2D eigenvalue weighted by atomic mass is 10.1. The molecule has 20 heavy (non-hydrogen) atoms. The molecule has 3 rings (SSSR count). The molecule has 0 aliphatic carbocycles. The van der Waals surface area contributed by atoms with E-state index in [1.54, 1.807) is 12.1 Å². The Hall–Kier alpha value is -2.21. The summed E-state index contributed by atoms with van der Waals surface area (Å²) in [6, 6.07) is 11.9. The molecule has 1 aromatic heterocycles. The van der Waals surface area contributed by atoms with Crippen molar-refractivity contribution in [3.05, 3.63) is 52.8 Å². The smallest absolute Gasteiger partial charge is 0.260 e. The van der Waals surface area contributed by atoms with E-state index in [1.165, 1.54) is 6.07 Å². The Morgan fingerprint density at radius 1 is 1.10 bits per heavy atom. The molecule has 0 aliphatic rings. The lowest BCUT2D eigenvalue weighted by molar-refractivity contribution is 0.432. The summed E-state index contributed by atoms with van der Waals surface area (Å²) in [7, 11) is 0. The van der Waals surface area contributed by atoms with E-state index >= 15 is 0 Å². The van der Waals surface area contributed by atoms with Gasteiger partial charge in [0, 0.05) is 10.0 Å². The van der Waals surface area contributed by atoms with Crippen molar-refractivity contribution in [3.63, 3.8) is 0 Å². The number of para-hydroxylation sites is 1. The molecule has 0 saturated heterocycles. The molecule has 0 spiro atoms. The Morgan fingerprint density at radius 3 is 2.60 bits per heavy atom. The molecule has 0 amide bonds. The monoisotopic (exact) mass is 333 g/mol. The second-order valence-electron chi connectivity index (χ2n) is 4.13. The summed E-state index contributed by atoms with van der Waals surface area (Å²) in [5, 5.41) is 3.88. The Balaban J connectivity index is 2.02. The van der Waals surface area contributed by atoms with Crippen LogP contribution in [0.4, 0.5) is 10.1 Å². The molecular formula is C14H9BrFN3O. The van der Waals surface area contributed by atoms with Crippen LogP contribution in [0.3, 0.4) is 0 Å². The molecule has 4 nitrogen and oxygen atoms in total. The average Bonchev–Trinajstić information content (AvgIpc) is 2.92. The fourth-order valence-electron chi connectivity index (χ4n) is 1.77. The van der Waals surface area contributed by atoms with Crippen LogP contribution in [0.15, 0.2) is 51.5 Å². The van der Waals surface area contributed by atoms with Gasteiger partial charge in [0.15, 0.2) is 0 Å². The summed E-state index contributed by atoms with van der Waals surface area (Å²) in [5.41, 5.74) is 6.87. The minimum atomic E-state index is -0.508. The van der Waals surface area contributed by atoms with E-state index in [2.05, 4.69) is 26.1 Å². The van der Waals surface area contributed by atoms with E-state index < -0.39 is 5.82 Å². The summed E-state index contributed by atoms with van der Waals surface area (Å²) in [6.45, 7) is 0. The predicted octanol–water partition coefficient (Wildman–Crippen LogP) is 3.89. The maximum Gasteiger partial charge on any atom is 0.260 e. The third-order valence-corrected chi connectivity index (χ3v) is 3.34. The number of nitrogen functional groups attached to an aromatic ring is 1. The van der Waals surface area contributed by atoms with Gasteiger partial charge in [0.05, 0.1) is 11.3 Å². The fourth-order valence-corrected chi connectivity index (χ4v) is 2.04. The van der Waals surface area contributed by atoms with Crippen LogP contribution in [-0.2, 0) is 0 Å². The van der Waals surface area contributed by atoms with Gasteiger partial charge in [-0.25, -0.2) is 4.39 Å². The molecule has 100 valence electrons. The first-order valence-electron chi connectivity index (χ1n) is 5.79. The lowest BCUT2D eigenvalue weighted by Crippen LogP contribution is -1.94. The fraction of sp³-hybridized carbons (Fsp3) is 0. The normalized spacial score (nSPS) is 10.7. The molecule has 2 aromatic carbocycles. The summed E-state index contributed by atoms with van der Waals surface area (Å²) in [4.78, 5) is 4.24. The molecule has 0 unspecified atom stereocenters. The first kappa shape index (κ1) is 12.8. The minimum Gasteiger partial charge on any atom is -0.396 e. The van der Waals surface area contributed by atoms with Gasteiger partial charge in [-0.05, 0) is 36.4 Å². The highest BCUT2D eigenvalue weighted by Gasteiger charge is 2.14. The van der Waals surface area contributed by atoms with Gasteiger partial charge in [-0.15, -0.1) is 0 Å². The SMILES string of the molecule is Nc1c(F)cccc1-c1nc(-c2ccc(Br)cc2)no1. The zero-order valence-corrected chi connectivity index (χ0v) is 11.8. The van der Waals surface area contributed by atoms with Crippen molar-refractivity contribution in [1.82, 2.24) is 10.1 Å². The molecule has 0 radical (unpaired) electrons. The number of nitrogens with zero attached hydrogens (tertiary/aromatic N) is 2. The molecule has 0 aliphatic heterocycles. The number of rotatable bonds is 2. The van der Waals surface area contributed by atoms with Gasteiger partial charge in [0.25, 0.3) is 5.89 Å². The van der Waals surface area contributed by atoms with Gasteiger partial charge in [-0.2, -0.15) is 4.98 Å². The maximum absolute atomic E-state index is 13.4. The molecule has 0 saturated carbocycles. The quantitative estimate of drug-likeness (QED) is 0.722. The summed E-state index contributed by atoms with van der Waals surface area (Å²) < 4.78 is 19.5. The van der Waals surface area contributed by atoms with Crippen molar-refractivity contribution in [2.24, 2.45) is 0 Å². The number of aromatic nitrogens is 2. The highest BCUT2D eigenvalue weighted by Crippen LogP contribution is 2.28. The molecule has 2 N–H and O–H groups in total. The topological polar surface area (TPSA) is 64.9 Å². The van der Waals surface area contributed by atoms with Crippen molar-refractivity contribution in [1.29, 1.82) is 0 Å². The van der Waals surface area contributed by atoms with Crippen LogP contribution in [0.5, 0.6) is 0 Å². The van der Waals surface area contributed by atoms with Crippen LogP contribution in [0.2, 0.25) is 0 Å². The van der Waals surface area contributed by atoms with Crippen LogP contribution in [0.1, 0.15) is 0 Å². The van der Waals surface area contributed by atoms with Crippen LogP contribution >= 0.6 is 15.9 Å². The molecule has 3 aromatic rings. The third kappa shape index (κ3) is 2.30. The van der Waals surface area contributed by atoms with Gasteiger partial charge in [0.2, 0.25) is 5.82 Å². The van der Waals surface area contributed by atoms with Crippen LogP contribution in [0.25, 0.3) is 22.8 Å². The van der Waals surface area contributed by atoms with E-state index in [1.807, 2.05) is 24.3 Å². The molecule has 0 atom stereocenters. The van der Waals surface area contributed by atoms with Gasteiger partial charge < -0.3 is 10.3 Å². The standard InChI is InChI=1S/C14H9BrFN3O/c15-9-6-4-8(5-7-9)13-18-14(20-19-13)10-2-1-3-11(16)12(10)17/h1-7H,17H2. The number of hydrogen-bond donors (Lipinski definition) is 1. The molecule has 1 heterocycles. The van der Waals surface area contributed by atoms with E-state index in [-0.39, 0.29) is 11.6 Å². The largest absolute Gasteiger partial charge is 0.396 e. The minimum absolute atomic E-state index is 0.00138. The summed E-state index contributed by atoms with van der Waals surface area (Å²) >= 11 is 3.35. The summed E-state index contributed by atoms with van der Waals surface area (Å²) in [6.07, 6.45) is 0. The van der Waals surface area contributed by atoms with Crippen molar-refractivity contribution in [2.45, 2.75) is 0 Å². The number of halogens is 2. The van der Waals surface area contributed by atoms with E-state index in [9.17, 15) is 4.39 Å². The number of benzene rings is 2. The third-order valence-electron chi connectivity index (χ3n) is 2.81. The highest BCUT2D eigenvalue weighted by molar-refractivity contribution is 9.10. The second-order valence-corrected chi connectivity index (χ2v) is 5.05. The molecule has 6 heteroatoms. The lowest BCUT2D eigenvalue weighted by Gasteiger charge is -2.00. The Kier molecular flexibility index (Phi) is 3.23. The van der Waals surface area contributed by atoms with Crippen molar-refractivity contribution >= 4 is 21.6 Å². The predicted molar refractivity (Wildman–Crippen MR) is 77.2 cm³/mol. The van der Waals surface area contributed by atoms with E-state index in [0.717, 1.165) is 10.0 Å². The first-order chi connectivity index (χ1) is 9.65. The Bertz CT molecular complexity index is 755. The molecule has 0 fully saturated rings. The zero-order chi connectivity index (χ0) is 14.1. The van der Waals surface area contributed by atoms with Crippen LogP contribution in [0, 0.1) is 5.82 Å². The van der Waals surface area contributed by atoms with Crippen LogP contribution < -0.4 is 5.73 Å².